The lowest BCUT2D eigenvalue weighted by Crippen LogP contribution is -2.17. The molecule has 4 rings (SSSR count). The fraction of sp³-hybridized carbons (Fsp3) is 0.120. The molecule has 9 heteroatoms. The summed E-state index contributed by atoms with van der Waals surface area (Å²) >= 11 is 0. The van der Waals surface area contributed by atoms with Crippen LogP contribution in [0.2, 0.25) is 0 Å². The molecule has 0 saturated carbocycles. The van der Waals surface area contributed by atoms with Crippen LogP contribution in [0, 0.1) is 11.6 Å². The van der Waals surface area contributed by atoms with Crippen LogP contribution in [0.25, 0.3) is 10.9 Å². The van der Waals surface area contributed by atoms with Gasteiger partial charge >= 0.3 is 0 Å². The molecule has 0 saturated heterocycles. The third kappa shape index (κ3) is 4.54. The van der Waals surface area contributed by atoms with Crippen LogP contribution in [-0.2, 0) is 0 Å². The van der Waals surface area contributed by atoms with Gasteiger partial charge in [-0.3, -0.25) is 9.59 Å². The minimum atomic E-state index is -0.937. The molecule has 1 aromatic heterocycles. The number of benzene rings is 3. The molecule has 1 atom stereocenters. The summed E-state index contributed by atoms with van der Waals surface area (Å²) in [5.41, 5.74) is 6.75. The molecule has 0 radical (unpaired) electrons. The molecule has 0 aliphatic heterocycles. The normalized spacial score (nSPS) is 11.7. The molecule has 0 spiro atoms. The number of hydrogen-bond donors (Lipinski definition) is 3. The van der Waals surface area contributed by atoms with Gasteiger partial charge in [-0.1, -0.05) is 31.2 Å². The molecule has 4 aromatic rings. The first-order chi connectivity index (χ1) is 16.4. The minimum Gasteiger partial charge on any atom is -0.366 e. The molecule has 0 aliphatic carbocycles. The number of fused-ring (bicyclic) bond motifs is 1. The highest BCUT2D eigenvalue weighted by Crippen LogP contribution is 2.29. The van der Waals surface area contributed by atoms with Crippen LogP contribution < -0.4 is 16.4 Å². The van der Waals surface area contributed by atoms with E-state index in [9.17, 15) is 18.4 Å². The Kier molecular flexibility index (Phi) is 6.44. The number of anilines is 2. The first-order valence-corrected chi connectivity index (χ1v) is 10.5. The summed E-state index contributed by atoms with van der Waals surface area (Å²) in [4.78, 5) is 32.7. The Morgan fingerprint density at radius 1 is 1.00 bits per heavy atom. The number of para-hydroxylation sites is 1. The second-order valence-electron chi connectivity index (χ2n) is 7.57. The maximum atomic E-state index is 14.0. The van der Waals surface area contributed by atoms with Gasteiger partial charge in [0, 0.05) is 11.1 Å². The van der Waals surface area contributed by atoms with Gasteiger partial charge in [0.15, 0.2) is 0 Å². The Balaban J connectivity index is 1.61. The number of amides is 2. The summed E-state index contributed by atoms with van der Waals surface area (Å²) in [6.45, 7) is 1.97. The molecule has 4 N–H and O–H groups in total. The van der Waals surface area contributed by atoms with Crippen LogP contribution >= 0.6 is 0 Å². The van der Waals surface area contributed by atoms with Crippen molar-refractivity contribution in [3.05, 3.63) is 95.3 Å². The predicted octanol–water partition coefficient (Wildman–Crippen LogP) is 4.82. The maximum Gasteiger partial charge on any atom is 0.261 e. The second-order valence-corrected chi connectivity index (χ2v) is 7.57. The van der Waals surface area contributed by atoms with E-state index in [1.165, 1.54) is 12.4 Å². The average Bonchev–Trinajstić information content (AvgIpc) is 2.82. The molecular formula is C25H21F2N5O2. The first-order valence-electron chi connectivity index (χ1n) is 10.5. The number of aromatic nitrogens is 2. The lowest BCUT2D eigenvalue weighted by atomic mass is 10.0. The van der Waals surface area contributed by atoms with E-state index >= 15 is 0 Å². The molecule has 7 nitrogen and oxygen atoms in total. The lowest BCUT2D eigenvalue weighted by Gasteiger charge is -2.20. The van der Waals surface area contributed by atoms with Crippen molar-refractivity contribution >= 4 is 34.2 Å². The number of nitrogens with zero attached hydrogens (tertiary/aromatic N) is 2. The monoisotopic (exact) mass is 461 g/mol. The highest BCUT2D eigenvalue weighted by Gasteiger charge is 2.19. The van der Waals surface area contributed by atoms with Gasteiger partial charge in [-0.25, -0.2) is 18.7 Å². The molecule has 0 fully saturated rings. The first kappa shape index (κ1) is 22.8. The lowest BCUT2D eigenvalue weighted by molar-refractivity contribution is 0.0997. The van der Waals surface area contributed by atoms with E-state index < -0.39 is 29.0 Å². The molecule has 172 valence electrons. The smallest absolute Gasteiger partial charge is 0.261 e. The number of carbonyl (C=O) groups is 2. The standard InChI is InChI=1S/C25H21F2N5O2/c1-2-20(32-24-17-9-4-8-16(23(28)33)22(17)29-13-30-24)14-6-3-7-15(12-14)31-25(34)21-18(26)10-5-11-19(21)27/h3-13,20H,2H2,1H3,(H2,28,33)(H,31,34)(H,29,30,32). The van der Waals surface area contributed by atoms with Crippen LogP contribution in [0.5, 0.6) is 0 Å². The van der Waals surface area contributed by atoms with Crippen molar-refractivity contribution in [2.24, 2.45) is 5.73 Å². The highest BCUT2D eigenvalue weighted by atomic mass is 19.1. The van der Waals surface area contributed by atoms with Crippen molar-refractivity contribution < 1.29 is 18.4 Å². The number of hydrogen-bond acceptors (Lipinski definition) is 5. The fourth-order valence-corrected chi connectivity index (χ4v) is 3.73. The summed E-state index contributed by atoms with van der Waals surface area (Å²) in [6, 6.07) is 15.1. The molecule has 3 aromatic carbocycles. The van der Waals surface area contributed by atoms with Crippen molar-refractivity contribution in [3.8, 4) is 0 Å². The van der Waals surface area contributed by atoms with Crippen LogP contribution in [0.15, 0.2) is 67.0 Å². The van der Waals surface area contributed by atoms with Gasteiger partial charge in [0.25, 0.3) is 11.8 Å². The van der Waals surface area contributed by atoms with Crippen LogP contribution in [0.3, 0.4) is 0 Å². The minimum absolute atomic E-state index is 0.225. The van der Waals surface area contributed by atoms with Crippen LogP contribution in [0.4, 0.5) is 20.3 Å². The maximum absolute atomic E-state index is 14.0. The molecule has 0 aliphatic rings. The van der Waals surface area contributed by atoms with Gasteiger partial charge in [-0.05, 0) is 48.4 Å². The van der Waals surface area contributed by atoms with E-state index in [4.69, 9.17) is 5.73 Å². The van der Waals surface area contributed by atoms with E-state index in [0.717, 1.165) is 17.7 Å². The fourth-order valence-electron chi connectivity index (χ4n) is 3.73. The topological polar surface area (TPSA) is 110 Å². The Hall–Kier alpha value is -4.40. The number of primary amides is 1. The number of carbonyl (C=O) groups excluding carboxylic acids is 2. The van der Waals surface area contributed by atoms with E-state index in [0.29, 0.717) is 34.4 Å². The Bertz CT molecular complexity index is 1370. The Labute approximate surface area is 194 Å². The number of nitrogens with one attached hydrogen (secondary N) is 2. The highest BCUT2D eigenvalue weighted by molar-refractivity contribution is 6.07. The summed E-state index contributed by atoms with van der Waals surface area (Å²) in [5, 5.41) is 6.53. The van der Waals surface area contributed by atoms with Gasteiger partial charge in [0.1, 0.15) is 29.3 Å². The van der Waals surface area contributed by atoms with Crippen LogP contribution in [0.1, 0.15) is 45.7 Å². The number of nitrogens with two attached hydrogens (primary N) is 1. The largest absolute Gasteiger partial charge is 0.366 e. The van der Waals surface area contributed by atoms with Gasteiger partial charge in [-0.15, -0.1) is 0 Å². The van der Waals surface area contributed by atoms with Gasteiger partial charge in [-0.2, -0.15) is 0 Å². The molecule has 1 heterocycles. The zero-order valence-corrected chi connectivity index (χ0v) is 18.2. The zero-order chi connectivity index (χ0) is 24.2. The van der Waals surface area contributed by atoms with E-state index in [1.54, 1.807) is 36.4 Å². The van der Waals surface area contributed by atoms with Crippen molar-refractivity contribution in [1.29, 1.82) is 0 Å². The molecule has 34 heavy (non-hydrogen) atoms. The summed E-state index contributed by atoms with van der Waals surface area (Å²) in [6.07, 6.45) is 2.00. The molecule has 1 unspecified atom stereocenters. The predicted molar refractivity (Wildman–Crippen MR) is 125 cm³/mol. The van der Waals surface area contributed by atoms with Gasteiger partial charge in [0.2, 0.25) is 0 Å². The number of rotatable bonds is 7. The third-order valence-electron chi connectivity index (χ3n) is 5.39. The molecular weight excluding hydrogens is 440 g/mol. The quantitative estimate of drug-likeness (QED) is 0.365. The summed E-state index contributed by atoms with van der Waals surface area (Å²) in [7, 11) is 0. The average molecular weight is 461 g/mol. The van der Waals surface area contributed by atoms with Crippen molar-refractivity contribution in [2.75, 3.05) is 10.6 Å². The van der Waals surface area contributed by atoms with Crippen LogP contribution in [-0.4, -0.2) is 21.8 Å². The SMILES string of the molecule is CCC(Nc1ncnc2c(C(N)=O)cccc12)c1cccc(NC(=O)c2c(F)cccc2F)c1. The van der Waals surface area contributed by atoms with Gasteiger partial charge < -0.3 is 16.4 Å². The zero-order valence-electron chi connectivity index (χ0n) is 18.2. The third-order valence-corrected chi connectivity index (χ3v) is 5.39. The van der Waals surface area contributed by atoms with Crippen molar-refractivity contribution in [2.45, 2.75) is 19.4 Å². The second kappa shape index (κ2) is 9.62. The van der Waals surface area contributed by atoms with E-state index in [1.807, 2.05) is 13.0 Å². The van der Waals surface area contributed by atoms with Gasteiger partial charge in [0.05, 0.1) is 17.1 Å². The molecule has 0 bridgehead atoms. The Morgan fingerprint density at radius 3 is 2.41 bits per heavy atom. The van der Waals surface area contributed by atoms with Crippen molar-refractivity contribution in [1.82, 2.24) is 9.97 Å². The number of halogens is 2. The van der Waals surface area contributed by atoms with E-state index in [2.05, 4.69) is 20.6 Å². The van der Waals surface area contributed by atoms with Crippen molar-refractivity contribution in [3.63, 3.8) is 0 Å². The summed E-state index contributed by atoms with van der Waals surface area (Å²) < 4.78 is 27.9. The summed E-state index contributed by atoms with van der Waals surface area (Å²) in [5.74, 6) is -2.82. The molecule has 2 amide bonds. The van der Waals surface area contributed by atoms with E-state index in [-0.39, 0.29) is 6.04 Å². The Morgan fingerprint density at radius 2 is 1.71 bits per heavy atom.